The predicted octanol–water partition coefficient (Wildman–Crippen LogP) is 3.92. The van der Waals surface area contributed by atoms with Gasteiger partial charge in [0, 0.05) is 10.6 Å². The van der Waals surface area contributed by atoms with Gasteiger partial charge in [-0.25, -0.2) is 35.9 Å². The molecule has 0 radical (unpaired) electrons. The molecular weight excluding hydrogens is 567 g/mol. The average molecular weight is 607 g/mol. The van der Waals surface area contributed by atoms with E-state index in [2.05, 4.69) is 4.74 Å². The molecule has 0 aliphatic carbocycles. The minimum absolute atomic E-state index is 0. The van der Waals surface area contributed by atoms with E-state index in [-0.39, 0.29) is 7.43 Å². The molecule has 2 aromatic carbocycles. The highest BCUT2D eigenvalue weighted by atomic mass is 32.2. The van der Waals surface area contributed by atoms with Gasteiger partial charge in [0.25, 0.3) is 0 Å². The molecule has 0 saturated heterocycles. The van der Waals surface area contributed by atoms with Crippen LogP contribution in [0.3, 0.4) is 0 Å². The van der Waals surface area contributed by atoms with Crippen molar-refractivity contribution in [1.82, 2.24) is 9.44 Å². The highest BCUT2D eigenvalue weighted by Gasteiger charge is 2.35. The fourth-order valence-electron chi connectivity index (χ4n) is 2.78. The van der Waals surface area contributed by atoms with Gasteiger partial charge in [0.05, 0.1) is 6.26 Å². The lowest BCUT2D eigenvalue weighted by Gasteiger charge is -2.22. The zero-order chi connectivity index (χ0) is 29.4. The molecule has 2 aromatic rings. The lowest BCUT2D eigenvalue weighted by molar-refractivity contribution is 0.0557. The van der Waals surface area contributed by atoms with Crippen LogP contribution in [0.15, 0.2) is 60.7 Å². The molecule has 220 valence electrons. The minimum Gasteiger partial charge on any atom is -0.443 e. The van der Waals surface area contributed by atoms with Crippen molar-refractivity contribution >= 4 is 50.0 Å². The average Bonchev–Trinajstić information content (AvgIpc) is 2.70. The van der Waals surface area contributed by atoms with Crippen molar-refractivity contribution in [3.63, 3.8) is 0 Å². The Hall–Kier alpha value is -2.89. The predicted molar refractivity (Wildman–Crippen MR) is 154 cm³/mol. The minimum atomic E-state index is -4.19. The van der Waals surface area contributed by atoms with Crippen LogP contribution in [0.5, 0.6) is 0 Å². The lowest BCUT2D eigenvalue weighted by Crippen LogP contribution is -2.38. The molecule has 2 amide bonds. The van der Waals surface area contributed by atoms with Crippen molar-refractivity contribution in [2.75, 3.05) is 11.7 Å². The molecule has 0 unspecified atom stereocenters. The zero-order valence-corrected chi connectivity index (χ0v) is 24.9. The summed E-state index contributed by atoms with van der Waals surface area (Å²) in [5, 5.41) is 0.807. The first kappa shape index (κ1) is 36.1. The van der Waals surface area contributed by atoms with E-state index in [4.69, 9.17) is 4.74 Å². The van der Waals surface area contributed by atoms with Crippen LogP contribution in [0, 0.1) is 0 Å². The van der Waals surface area contributed by atoms with Gasteiger partial charge in [-0.1, -0.05) is 68.1 Å². The summed E-state index contributed by atoms with van der Waals surface area (Å²) in [6.45, 7) is 9.81. The smallest absolute Gasteiger partial charge is 0.421 e. The van der Waals surface area contributed by atoms with Gasteiger partial charge in [-0.05, 0) is 41.5 Å². The lowest BCUT2D eigenvalue weighted by atomic mass is 10.2. The van der Waals surface area contributed by atoms with Crippen LogP contribution in [-0.2, 0) is 34.1 Å². The second kappa shape index (κ2) is 14.0. The molecule has 0 aromatic heterocycles. The molecule has 39 heavy (non-hydrogen) atoms. The van der Waals surface area contributed by atoms with Gasteiger partial charge in [-0.2, -0.15) is 0 Å². The van der Waals surface area contributed by atoms with E-state index in [9.17, 15) is 31.0 Å². The van der Waals surface area contributed by atoms with Gasteiger partial charge in [-0.15, -0.1) is 0 Å². The van der Waals surface area contributed by atoms with Crippen molar-refractivity contribution in [2.45, 2.75) is 60.2 Å². The number of hydrogen-bond acceptors (Lipinski definition) is 9. The first-order chi connectivity index (χ1) is 17.1. The Morgan fingerprint density at radius 2 is 1.05 bits per heavy atom. The van der Waals surface area contributed by atoms with E-state index >= 15 is 0 Å². The number of nitrogens with one attached hydrogen (secondary N) is 2. The Bertz CT molecular complexity index is 1310. The van der Waals surface area contributed by atoms with Crippen molar-refractivity contribution in [3.8, 4) is 0 Å². The topological polar surface area (TPSA) is 162 Å². The molecule has 0 aliphatic rings. The molecule has 2 rings (SSSR count). The monoisotopic (exact) mass is 606 g/mol. The van der Waals surface area contributed by atoms with Crippen molar-refractivity contribution in [2.24, 2.45) is 0 Å². The quantitative estimate of drug-likeness (QED) is 0.464. The summed E-state index contributed by atoms with van der Waals surface area (Å²) < 4.78 is 73.0. The van der Waals surface area contributed by atoms with Gasteiger partial charge in [0.15, 0.2) is 7.14 Å². The Labute approximate surface area is 232 Å². The van der Waals surface area contributed by atoms with Crippen LogP contribution in [0.4, 0.5) is 9.59 Å². The highest BCUT2D eigenvalue weighted by molar-refractivity contribution is 8.01. The summed E-state index contributed by atoms with van der Waals surface area (Å²) in [5.74, 6) is 0. The van der Waals surface area contributed by atoms with E-state index in [1.54, 1.807) is 107 Å². The Balaban J connectivity index is 0.000000944. The molecule has 0 bridgehead atoms. The molecule has 11 nitrogen and oxygen atoms in total. The van der Waals surface area contributed by atoms with Crippen molar-refractivity contribution in [1.29, 1.82) is 0 Å². The molecule has 0 spiro atoms. The van der Waals surface area contributed by atoms with Crippen LogP contribution < -0.4 is 20.1 Å². The van der Waals surface area contributed by atoms with Crippen LogP contribution in [-0.4, -0.2) is 52.0 Å². The van der Waals surface area contributed by atoms with Crippen LogP contribution in [0.1, 0.15) is 49.0 Å². The normalized spacial score (nSPS) is 12.1. The van der Waals surface area contributed by atoms with E-state index in [1.165, 1.54) is 0 Å². The summed E-state index contributed by atoms with van der Waals surface area (Å²) in [7, 11) is -11.2. The summed E-state index contributed by atoms with van der Waals surface area (Å²) in [6.07, 6.45) is -1.16. The third kappa shape index (κ3) is 14.7. The number of benzene rings is 2. The summed E-state index contributed by atoms with van der Waals surface area (Å²) in [6, 6.07) is 16.8. The molecule has 0 atom stereocenters. The van der Waals surface area contributed by atoms with Crippen molar-refractivity contribution < 1.29 is 40.5 Å². The van der Waals surface area contributed by atoms with Crippen LogP contribution in [0.25, 0.3) is 0 Å². The molecule has 0 fully saturated rings. The number of sulfonamides is 2. The maximum atomic E-state index is 13.7. The first-order valence-corrected chi connectivity index (χ1v) is 16.7. The maximum absolute atomic E-state index is 13.7. The van der Waals surface area contributed by atoms with Crippen LogP contribution >= 0.6 is 7.14 Å². The standard InChI is InChI=1S/C18H22NO5PS.C6H13NO4S.CH4/c1-18(2,3)24-17(20)19-26(22,23)14-25(21,15-10-6-4-7-11-15)16-12-8-5-9-13-16;1-6(2,3)11-5(8)7-12(4,9)10;/h4-13H,14H2,1-3H3,(H,19,20);1-4H3,(H,7,8);1H4. The van der Waals surface area contributed by atoms with E-state index in [0.29, 0.717) is 10.6 Å². The molecule has 0 aliphatic heterocycles. The maximum Gasteiger partial charge on any atom is 0.421 e. The Kier molecular flexibility index (Phi) is 12.9. The highest BCUT2D eigenvalue weighted by Crippen LogP contribution is 2.44. The molecule has 0 heterocycles. The SMILES string of the molecule is C.CC(C)(C)OC(=O)NS(=O)(=O)CP(=O)(c1ccccc1)c1ccccc1.CC(C)(C)OC(=O)NS(C)(=O)=O. The second-order valence-corrected chi connectivity index (χ2v) is 16.9. The number of amides is 2. The van der Waals surface area contributed by atoms with Gasteiger partial charge >= 0.3 is 12.2 Å². The molecule has 14 heteroatoms. The third-order valence-electron chi connectivity index (χ3n) is 4.00. The summed E-state index contributed by atoms with van der Waals surface area (Å²) in [4.78, 5) is 22.6. The Morgan fingerprint density at radius 1 is 0.718 bits per heavy atom. The summed E-state index contributed by atoms with van der Waals surface area (Å²) in [5.41, 5.74) is -2.26. The number of rotatable bonds is 6. The second-order valence-electron chi connectivity index (χ2n) is 10.1. The Morgan fingerprint density at radius 3 is 1.36 bits per heavy atom. The first-order valence-electron chi connectivity index (χ1n) is 11.3. The number of hydrogen-bond donors (Lipinski definition) is 2. The van der Waals surface area contributed by atoms with E-state index < -0.39 is 56.1 Å². The third-order valence-corrected chi connectivity index (χ3v) is 10.1. The van der Waals surface area contributed by atoms with Crippen molar-refractivity contribution in [3.05, 3.63) is 60.7 Å². The number of carbonyl (C=O) groups is 2. The van der Waals surface area contributed by atoms with Gasteiger partial charge < -0.3 is 14.0 Å². The molecular formula is C25H39N2O9PS2. The molecule has 2 N–H and O–H groups in total. The fourth-order valence-corrected chi connectivity index (χ4v) is 8.39. The number of carbonyl (C=O) groups excluding carboxylic acids is 2. The molecule has 0 saturated carbocycles. The largest absolute Gasteiger partial charge is 0.443 e. The van der Waals surface area contributed by atoms with Gasteiger partial charge in [0.1, 0.15) is 16.7 Å². The van der Waals surface area contributed by atoms with E-state index in [1.807, 2.05) is 4.72 Å². The number of ether oxygens (including phenoxy) is 2. The fraction of sp³-hybridized carbons (Fsp3) is 0.440. The summed E-state index contributed by atoms with van der Waals surface area (Å²) >= 11 is 0. The zero-order valence-electron chi connectivity index (χ0n) is 22.4. The van der Waals surface area contributed by atoms with Crippen LogP contribution in [0.2, 0.25) is 0 Å². The van der Waals surface area contributed by atoms with Gasteiger partial charge in [-0.3, -0.25) is 0 Å². The van der Waals surface area contributed by atoms with Gasteiger partial charge in [0.2, 0.25) is 20.0 Å². The van der Waals surface area contributed by atoms with E-state index in [0.717, 1.165) is 6.26 Å².